The van der Waals surface area contributed by atoms with Crippen LogP contribution in [-0.2, 0) is 22.6 Å². The second-order valence-electron chi connectivity index (χ2n) is 11.0. The van der Waals surface area contributed by atoms with E-state index in [2.05, 4.69) is 20.9 Å². The average Bonchev–Trinajstić information content (AvgIpc) is 3.47. The molecule has 12 nitrogen and oxygen atoms in total. The number of rotatable bonds is 3. The highest BCUT2D eigenvalue weighted by Crippen LogP contribution is 2.33. The third kappa shape index (κ3) is 6.90. The molecule has 1 saturated heterocycles. The molecule has 7 rings (SSSR count). The number of piperidine rings is 1. The zero-order chi connectivity index (χ0) is 31.3. The van der Waals surface area contributed by atoms with Crippen LogP contribution >= 0.6 is 0 Å². The second kappa shape index (κ2) is 13.1. The SMILES string of the molecule is COc1ccc2cc1-c1cccc(c1)OCC(=O)NCc1ccc(cc1)O[C@@H]1CCN(C(=O)Cc3nonc3C)C[C@H]1NC2=O. The average molecular weight is 612 g/mol. The number of likely N-dealkylation sites (tertiary alicyclic amines) is 1. The number of aromatic nitrogens is 2. The number of amides is 3. The third-order valence-electron chi connectivity index (χ3n) is 7.96. The molecule has 0 unspecified atom stereocenters. The fourth-order valence-corrected chi connectivity index (χ4v) is 5.44. The van der Waals surface area contributed by atoms with E-state index < -0.39 is 12.1 Å². The maximum Gasteiger partial charge on any atom is 0.258 e. The first kappa shape index (κ1) is 29.7. The lowest BCUT2D eigenvalue weighted by Crippen LogP contribution is -2.58. The van der Waals surface area contributed by atoms with E-state index in [1.807, 2.05) is 36.4 Å². The van der Waals surface area contributed by atoms with Gasteiger partial charge in [0, 0.05) is 37.2 Å². The number of carbonyl (C=O) groups is 3. The van der Waals surface area contributed by atoms with Crippen molar-refractivity contribution in [1.82, 2.24) is 25.8 Å². The molecule has 4 heterocycles. The Labute approximate surface area is 259 Å². The lowest BCUT2D eigenvalue weighted by atomic mass is 9.98. The zero-order valence-corrected chi connectivity index (χ0v) is 24.9. The van der Waals surface area contributed by atoms with Crippen LogP contribution in [0.4, 0.5) is 0 Å². The summed E-state index contributed by atoms with van der Waals surface area (Å²) in [6.45, 7) is 2.59. The van der Waals surface area contributed by atoms with Gasteiger partial charge in [0.05, 0.1) is 19.6 Å². The van der Waals surface area contributed by atoms with Crippen molar-refractivity contribution < 1.29 is 33.2 Å². The minimum atomic E-state index is -0.515. The summed E-state index contributed by atoms with van der Waals surface area (Å²) < 4.78 is 22.5. The molecule has 232 valence electrons. The van der Waals surface area contributed by atoms with Crippen LogP contribution in [0.2, 0.25) is 0 Å². The van der Waals surface area contributed by atoms with Crippen LogP contribution in [-0.4, -0.2) is 71.9 Å². The van der Waals surface area contributed by atoms with Gasteiger partial charge in [0.2, 0.25) is 5.91 Å². The molecule has 2 N–H and O–H groups in total. The van der Waals surface area contributed by atoms with Crippen molar-refractivity contribution in [3.63, 3.8) is 0 Å². The first-order chi connectivity index (χ1) is 21.9. The number of ether oxygens (including phenoxy) is 3. The highest BCUT2D eigenvalue weighted by Gasteiger charge is 2.35. The molecule has 0 spiro atoms. The van der Waals surface area contributed by atoms with Gasteiger partial charge in [0.1, 0.15) is 34.7 Å². The van der Waals surface area contributed by atoms with Gasteiger partial charge in [0.25, 0.3) is 11.8 Å². The van der Waals surface area contributed by atoms with E-state index in [9.17, 15) is 14.4 Å². The van der Waals surface area contributed by atoms with Crippen LogP contribution in [0.1, 0.15) is 33.7 Å². The molecule has 6 bridgehead atoms. The van der Waals surface area contributed by atoms with Crippen LogP contribution in [0.3, 0.4) is 0 Å². The van der Waals surface area contributed by atoms with Gasteiger partial charge >= 0.3 is 0 Å². The van der Waals surface area contributed by atoms with Gasteiger partial charge in [0.15, 0.2) is 6.61 Å². The van der Waals surface area contributed by atoms with Crippen LogP contribution < -0.4 is 24.8 Å². The van der Waals surface area contributed by atoms with Crippen molar-refractivity contribution in [2.45, 2.75) is 38.5 Å². The molecule has 0 radical (unpaired) electrons. The topological polar surface area (TPSA) is 145 Å². The van der Waals surface area contributed by atoms with Crippen molar-refractivity contribution in [3.05, 3.63) is 89.2 Å². The second-order valence-corrected chi connectivity index (χ2v) is 11.0. The molecule has 0 aliphatic carbocycles. The molecule has 0 saturated carbocycles. The van der Waals surface area contributed by atoms with Crippen LogP contribution in [0, 0.1) is 6.92 Å². The van der Waals surface area contributed by atoms with E-state index in [1.54, 1.807) is 49.3 Å². The van der Waals surface area contributed by atoms with Gasteiger partial charge < -0.3 is 29.7 Å². The molecule has 3 aromatic carbocycles. The van der Waals surface area contributed by atoms with Crippen LogP contribution in [0.5, 0.6) is 17.2 Å². The molecule has 3 aliphatic rings. The summed E-state index contributed by atoms with van der Waals surface area (Å²) >= 11 is 0. The molecule has 2 atom stereocenters. The summed E-state index contributed by atoms with van der Waals surface area (Å²) in [6.07, 6.45) is 0.131. The Hall–Kier alpha value is -5.39. The fraction of sp³-hybridized carbons (Fsp3) is 0.303. The van der Waals surface area contributed by atoms with E-state index in [0.29, 0.717) is 59.3 Å². The summed E-state index contributed by atoms with van der Waals surface area (Å²) in [4.78, 5) is 41.2. The fourth-order valence-electron chi connectivity index (χ4n) is 5.44. The number of hydrogen-bond donors (Lipinski definition) is 2. The predicted molar refractivity (Wildman–Crippen MR) is 162 cm³/mol. The Morgan fingerprint density at radius 2 is 1.87 bits per heavy atom. The number of aryl methyl sites for hydroxylation is 1. The van der Waals surface area contributed by atoms with E-state index in [1.165, 1.54) is 0 Å². The summed E-state index contributed by atoms with van der Waals surface area (Å²) in [5.41, 5.74) is 3.77. The van der Waals surface area contributed by atoms with E-state index in [4.69, 9.17) is 18.8 Å². The highest BCUT2D eigenvalue weighted by atomic mass is 16.6. The summed E-state index contributed by atoms with van der Waals surface area (Å²) in [6, 6.07) is 19.3. The van der Waals surface area contributed by atoms with Gasteiger partial charge in [-0.25, -0.2) is 4.63 Å². The number of hydrogen-bond acceptors (Lipinski definition) is 9. The largest absolute Gasteiger partial charge is 0.496 e. The standard InChI is InChI=1S/C33H33N5O7/c1-20-27(37-45-36-20)16-32(40)38-13-12-30-28(18-38)35-33(41)23-8-11-29(42-2)26(15-23)22-4-3-5-25(14-22)43-19-31(39)34-17-21-6-9-24(44-30)10-7-21/h3-11,14-15,28,30H,12-13,16-19H2,1-2H3,(H,34,39)(H,35,41)/t28-,30-/m1/s1. The van der Waals surface area contributed by atoms with Gasteiger partial charge in [-0.1, -0.05) is 34.6 Å². The van der Waals surface area contributed by atoms with E-state index in [-0.39, 0.29) is 37.3 Å². The van der Waals surface area contributed by atoms with Crippen molar-refractivity contribution in [3.8, 4) is 28.4 Å². The Morgan fingerprint density at radius 3 is 2.64 bits per heavy atom. The van der Waals surface area contributed by atoms with Crippen molar-refractivity contribution in [1.29, 1.82) is 0 Å². The number of nitrogens with zero attached hydrogens (tertiary/aromatic N) is 3. The number of benzene rings is 3. The van der Waals surface area contributed by atoms with Gasteiger partial charge in [-0.15, -0.1) is 0 Å². The van der Waals surface area contributed by atoms with E-state index >= 15 is 0 Å². The summed E-state index contributed by atoms with van der Waals surface area (Å²) in [5.74, 6) is 0.957. The molecule has 12 heteroatoms. The molecular formula is C33H33N5O7. The van der Waals surface area contributed by atoms with E-state index in [0.717, 1.165) is 11.1 Å². The molecule has 1 aromatic heterocycles. The Kier molecular flexibility index (Phi) is 8.63. The highest BCUT2D eigenvalue weighted by molar-refractivity contribution is 5.96. The molecule has 3 aliphatic heterocycles. The molecule has 3 amide bonds. The quantitative estimate of drug-likeness (QED) is 0.357. The minimum Gasteiger partial charge on any atom is -0.496 e. The number of methoxy groups -OCH3 is 1. The first-order valence-corrected chi connectivity index (χ1v) is 14.7. The lowest BCUT2D eigenvalue weighted by Gasteiger charge is -2.39. The van der Waals surface area contributed by atoms with Gasteiger partial charge in [-0.05, 0) is 60.5 Å². The van der Waals surface area contributed by atoms with Crippen molar-refractivity contribution >= 4 is 17.7 Å². The summed E-state index contributed by atoms with van der Waals surface area (Å²) in [7, 11) is 1.56. The van der Waals surface area contributed by atoms with Crippen LogP contribution in [0.15, 0.2) is 71.4 Å². The molecule has 1 fully saturated rings. The third-order valence-corrected chi connectivity index (χ3v) is 7.96. The maximum atomic E-state index is 13.8. The number of carbonyl (C=O) groups excluding carboxylic acids is 3. The Balaban J connectivity index is 1.31. The van der Waals surface area contributed by atoms with Crippen molar-refractivity contribution in [2.24, 2.45) is 0 Å². The van der Waals surface area contributed by atoms with Crippen molar-refractivity contribution in [2.75, 3.05) is 26.8 Å². The smallest absolute Gasteiger partial charge is 0.258 e. The number of nitrogens with one attached hydrogen (secondary N) is 2. The Bertz CT molecular complexity index is 1700. The van der Waals surface area contributed by atoms with Gasteiger partial charge in [-0.2, -0.15) is 0 Å². The molecular weight excluding hydrogens is 578 g/mol. The monoisotopic (exact) mass is 611 g/mol. The minimum absolute atomic E-state index is 0.0458. The summed E-state index contributed by atoms with van der Waals surface area (Å²) in [5, 5.41) is 13.6. The number of fused-ring (bicyclic) bond motifs is 7. The lowest BCUT2D eigenvalue weighted by molar-refractivity contribution is -0.133. The Morgan fingerprint density at radius 1 is 1.02 bits per heavy atom. The zero-order valence-electron chi connectivity index (χ0n) is 24.9. The molecule has 45 heavy (non-hydrogen) atoms. The van der Waals surface area contributed by atoms with Gasteiger partial charge in [-0.3, -0.25) is 14.4 Å². The first-order valence-electron chi connectivity index (χ1n) is 14.7. The maximum absolute atomic E-state index is 13.8. The predicted octanol–water partition coefficient (Wildman–Crippen LogP) is 3.08. The normalized spacial score (nSPS) is 18.5. The van der Waals surface area contributed by atoms with Crippen LogP contribution in [0.25, 0.3) is 11.1 Å². The molecule has 4 aromatic rings.